The largest absolute Gasteiger partial charge is 0.407 e. The molecule has 0 radical (unpaired) electrons. The number of halogens is 4. The van der Waals surface area contributed by atoms with Gasteiger partial charge in [-0.1, -0.05) is 34.1 Å². The molecule has 17 heavy (non-hydrogen) atoms. The quantitative estimate of drug-likeness (QED) is 0.841. The molecule has 0 unspecified atom stereocenters. The average molecular weight is 304 g/mol. The van der Waals surface area contributed by atoms with Gasteiger partial charge in [0.25, 0.3) is 0 Å². The molecule has 0 amide bonds. The van der Waals surface area contributed by atoms with E-state index in [-0.39, 0.29) is 5.56 Å². The van der Waals surface area contributed by atoms with Crippen LogP contribution in [0.4, 0.5) is 13.2 Å². The summed E-state index contributed by atoms with van der Waals surface area (Å²) in [6.45, 7) is 0. The van der Waals surface area contributed by atoms with Crippen molar-refractivity contribution in [2.75, 3.05) is 0 Å². The summed E-state index contributed by atoms with van der Waals surface area (Å²) < 4.78 is 38.3. The predicted octanol–water partition coefficient (Wildman–Crippen LogP) is 4.16. The highest BCUT2D eigenvalue weighted by Gasteiger charge is 2.37. The van der Waals surface area contributed by atoms with Gasteiger partial charge in [-0.25, -0.2) is 0 Å². The van der Waals surface area contributed by atoms with Crippen molar-refractivity contribution < 1.29 is 13.2 Å². The number of fused-ring (bicyclic) bond motifs is 1. The SMILES string of the molecule is N[C@@H](c1ccc2ccc(Br)cc2c1)C(F)(F)F. The molecule has 1 atom stereocenters. The van der Waals surface area contributed by atoms with E-state index in [9.17, 15) is 13.2 Å². The summed E-state index contributed by atoms with van der Waals surface area (Å²) in [5.41, 5.74) is 5.24. The van der Waals surface area contributed by atoms with E-state index in [1.807, 2.05) is 12.1 Å². The van der Waals surface area contributed by atoms with Crippen molar-refractivity contribution in [3.05, 3.63) is 46.4 Å². The van der Waals surface area contributed by atoms with E-state index < -0.39 is 12.2 Å². The van der Waals surface area contributed by atoms with E-state index in [0.717, 1.165) is 15.2 Å². The second-order valence-corrected chi connectivity index (χ2v) is 4.69. The van der Waals surface area contributed by atoms with Gasteiger partial charge in [0.2, 0.25) is 0 Å². The zero-order chi connectivity index (χ0) is 12.6. The number of alkyl halides is 3. The van der Waals surface area contributed by atoms with Crippen LogP contribution in [-0.4, -0.2) is 6.18 Å². The zero-order valence-corrected chi connectivity index (χ0v) is 10.2. The molecule has 0 spiro atoms. The molecule has 0 aliphatic carbocycles. The van der Waals surface area contributed by atoms with Crippen LogP contribution >= 0.6 is 15.9 Å². The summed E-state index contributed by atoms with van der Waals surface area (Å²) in [4.78, 5) is 0. The maximum absolute atomic E-state index is 12.5. The van der Waals surface area contributed by atoms with Gasteiger partial charge in [-0.15, -0.1) is 0 Å². The van der Waals surface area contributed by atoms with Gasteiger partial charge in [-0.05, 0) is 34.5 Å². The van der Waals surface area contributed by atoms with Crippen LogP contribution in [0.15, 0.2) is 40.9 Å². The molecule has 0 heterocycles. The second kappa shape index (κ2) is 4.31. The Morgan fingerprint density at radius 1 is 1.00 bits per heavy atom. The molecule has 2 aromatic carbocycles. The van der Waals surface area contributed by atoms with Crippen LogP contribution < -0.4 is 5.73 Å². The van der Waals surface area contributed by atoms with Crippen molar-refractivity contribution >= 4 is 26.7 Å². The Morgan fingerprint density at radius 2 is 1.65 bits per heavy atom. The van der Waals surface area contributed by atoms with E-state index in [1.165, 1.54) is 12.1 Å². The number of nitrogens with two attached hydrogens (primary N) is 1. The highest BCUT2D eigenvalue weighted by Crippen LogP contribution is 2.32. The van der Waals surface area contributed by atoms with Crippen molar-refractivity contribution in [1.82, 2.24) is 0 Å². The van der Waals surface area contributed by atoms with Gasteiger partial charge in [0.1, 0.15) is 6.04 Å². The minimum atomic E-state index is -4.42. The van der Waals surface area contributed by atoms with Crippen LogP contribution in [0, 0.1) is 0 Å². The molecule has 0 saturated heterocycles. The minimum absolute atomic E-state index is 0.0723. The predicted molar refractivity (Wildman–Crippen MR) is 64.6 cm³/mol. The van der Waals surface area contributed by atoms with E-state index >= 15 is 0 Å². The third kappa shape index (κ3) is 2.61. The Bertz CT molecular complexity index is 551. The highest BCUT2D eigenvalue weighted by molar-refractivity contribution is 9.10. The molecule has 1 nitrogen and oxygen atoms in total. The fourth-order valence-corrected chi connectivity index (χ4v) is 2.00. The standard InChI is InChI=1S/C12H9BrF3N/c13-10-4-3-7-1-2-8(5-9(7)6-10)11(17)12(14,15)16/h1-6,11H,17H2/t11-/m0/s1. The number of benzene rings is 2. The first-order chi connectivity index (χ1) is 7.88. The van der Waals surface area contributed by atoms with E-state index in [1.54, 1.807) is 12.1 Å². The van der Waals surface area contributed by atoms with E-state index in [2.05, 4.69) is 15.9 Å². The van der Waals surface area contributed by atoms with Crippen LogP contribution in [0.2, 0.25) is 0 Å². The topological polar surface area (TPSA) is 26.0 Å². The van der Waals surface area contributed by atoms with Crippen molar-refractivity contribution in [3.63, 3.8) is 0 Å². The molecule has 2 rings (SSSR count). The minimum Gasteiger partial charge on any atom is -0.316 e. The number of hydrogen-bond donors (Lipinski definition) is 1. The molecule has 0 aliphatic rings. The van der Waals surface area contributed by atoms with Crippen LogP contribution in [0.5, 0.6) is 0 Å². The molecule has 0 aromatic heterocycles. The molecular formula is C12H9BrF3N. The molecule has 2 N–H and O–H groups in total. The Balaban J connectivity index is 2.50. The molecule has 2 aromatic rings. The maximum Gasteiger partial charge on any atom is 0.407 e. The third-order valence-corrected chi connectivity index (χ3v) is 3.03. The Kier molecular flexibility index (Phi) is 3.14. The van der Waals surface area contributed by atoms with Crippen LogP contribution in [0.25, 0.3) is 10.8 Å². The fourth-order valence-electron chi connectivity index (χ4n) is 1.62. The summed E-state index contributed by atoms with van der Waals surface area (Å²) in [6.07, 6.45) is -4.42. The number of rotatable bonds is 1. The summed E-state index contributed by atoms with van der Waals surface area (Å²) >= 11 is 3.28. The summed E-state index contributed by atoms with van der Waals surface area (Å²) in [6, 6.07) is 8.02. The molecule has 0 aliphatic heterocycles. The number of hydrogen-bond acceptors (Lipinski definition) is 1. The molecule has 5 heteroatoms. The van der Waals surface area contributed by atoms with Gasteiger partial charge in [-0.3, -0.25) is 0 Å². The molecule has 0 fully saturated rings. The van der Waals surface area contributed by atoms with Crippen molar-refractivity contribution in [3.8, 4) is 0 Å². The molecular weight excluding hydrogens is 295 g/mol. The van der Waals surface area contributed by atoms with Crippen molar-refractivity contribution in [1.29, 1.82) is 0 Å². The Hall–Kier alpha value is -1.07. The third-order valence-electron chi connectivity index (χ3n) is 2.54. The summed E-state index contributed by atoms with van der Waals surface area (Å²) in [7, 11) is 0. The van der Waals surface area contributed by atoms with Gasteiger partial charge < -0.3 is 5.73 Å². The average Bonchev–Trinajstić information content (AvgIpc) is 2.25. The molecule has 0 bridgehead atoms. The lowest BCUT2D eigenvalue weighted by Crippen LogP contribution is -2.28. The monoisotopic (exact) mass is 303 g/mol. The lowest BCUT2D eigenvalue weighted by Gasteiger charge is -2.16. The summed E-state index contributed by atoms with van der Waals surface area (Å²) in [5, 5.41) is 1.61. The van der Waals surface area contributed by atoms with E-state index in [4.69, 9.17) is 5.73 Å². The molecule has 0 saturated carbocycles. The first-order valence-electron chi connectivity index (χ1n) is 4.89. The maximum atomic E-state index is 12.5. The smallest absolute Gasteiger partial charge is 0.316 e. The lowest BCUT2D eigenvalue weighted by atomic mass is 10.0. The molecule has 90 valence electrons. The second-order valence-electron chi connectivity index (χ2n) is 3.77. The fraction of sp³-hybridized carbons (Fsp3) is 0.167. The van der Waals surface area contributed by atoms with Crippen LogP contribution in [0.3, 0.4) is 0 Å². The van der Waals surface area contributed by atoms with Crippen LogP contribution in [-0.2, 0) is 0 Å². The normalized spacial score (nSPS) is 13.9. The van der Waals surface area contributed by atoms with Crippen LogP contribution in [0.1, 0.15) is 11.6 Å². The van der Waals surface area contributed by atoms with Crippen molar-refractivity contribution in [2.45, 2.75) is 12.2 Å². The lowest BCUT2D eigenvalue weighted by molar-refractivity contribution is -0.149. The van der Waals surface area contributed by atoms with Gasteiger partial charge >= 0.3 is 6.18 Å². The van der Waals surface area contributed by atoms with E-state index in [0.29, 0.717) is 0 Å². The Labute approximate surface area is 105 Å². The van der Waals surface area contributed by atoms with Gasteiger partial charge in [0, 0.05) is 4.47 Å². The highest BCUT2D eigenvalue weighted by atomic mass is 79.9. The van der Waals surface area contributed by atoms with Gasteiger partial charge in [-0.2, -0.15) is 13.2 Å². The van der Waals surface area contributed by atoms with Crippen molar-refractivity contribution in [2.24, 2.45) is 5.73 Å². The summed E-state index contributed by atoms with van der Waals surface area (Å²) in [5.74, 6) is 0. The first-order valence-corrected chi connectivity index (χ1v) is 5.69. The van der Waals surface area contributed by atoms with Gasteiger partial charge in [0.15, 0.2) is 0 Å². The first kappa shape index (κ1) is 12.4. The zero-order valence-electron chi connectivity index (χ0n) is 8.63. The Morgan fingerprint density at radius 3 is 2.29 bits per heavy atom. The van der Waals surface area contributed by atoms with Gasteiger partial charge in [0.05, 0.1) is 0 Å².